The summed E-state index contributed by atoms with van der Waals surface area (Å²) in [5.41, 5.74) is 0.591. The van der Waals surface area contributed by atoms with Gasteiger partial charge in [-0.15, -0.1) is 0 Å². The second kappa shape index (κ2) is 5.88. The number of aromatic nitrogens is 2. The Hall–Kier alpha value is -1.80. The lowest BCUT2D eigenvalue weighted by Crippen LogP contribution is -2.40. The monoisotopic (exact) mass is 365 g/mol. The number of hydrogen-bond donors (Lipinski definition) is 0. The maximum atomic E-state index is 13.3. The quantitative estimate of drug-likeness (QED) is 0.832. The molecule has 2 aromatic rings. The number of rotatable bonds is 4. The Kier molecular flexibility index (Phi) is 3.92. The first kappa shape index (κ1) is 16.7. The predicted octanol–water partition coefficient (Wildman–Crippen LogP) is 2.62. The van der Waals surface area contributed by atoms with Crippen LogP contribution in [0.5, 0.6) is 0 Å². The van der Waals surface area contributed by atoms with Crippen molar-refractivity contribution < 1.29 is 17.3 Å². The van der Waals surface area contributed by atoms with Crippen molar-refractivity contribution >= 4 is 10.0 Å². The van der Waals surface area contributed by atoms with Gasteiger partial charge in [0.25, 0.3) is 0 Å². The van der Waals surface area contributed by atoms with E-state index in [0.29, 0.717) is 24.5 Å². The summed E-state index contributed by atoms with van der Waals surface area (Å²) in [6, 6.07) is 5.76. The van der Waals surface area contributed by atoms with Gasteiger partial charge in [-0.3, -0.25) is 0 Å². The number of halogens is 1. The van der Waals surface area contributed by atoms with Gasteiger partial charge in [0.15, 0.2) is 5.82 Å². The van der Waals surface area contributed by atoms with Gasteiger partial charge in [0, 0.05) is 25.9 Å². The van der Waals surface area contributed by atoms with E-state index in [2.05, 4.69) is 10.1 Å². The number of benzene rings is 1. The summed E-state index contributed by atoms with van der Waals surface area (Å²) in [5, 5.41) is 4.01. The van der Waals surface area contributed by atoms with Crippen molar-refractivity contribution in [2.24, 2.45) is 5.41 Å². The lowest BCUT2D eigenvalue weighted by molar-refractivity contribution is 0.249. The maximum absolute atomic E-state index is 13.3. The minimum Gasteiger partial charge on any atom is -0.340 e. The highest BCUT2D eigenvalue weighted by Gasteiger charge is 2.58. The van der Waals surface area contributed by atoms with Crippen molar-refractivity contribution in [1.82, 2.24) is 14.4 Å². The summed E-state index contributed by atoms with van der Waals surface area (Å²) >= 11 is 0. The normalized spacial score (nSPS) is 23.0. The molecule has 1 atom stereocenters. The smallest absolute Gasteiger partial charge is 0.223 e. The minimum absolute atomic E-state index is 0.112. The molecule has 1 aromatic carbocycles. The van der Waals surface area contributed by atoms with Crippen LogP contribution in [-0.4, -0.2) is 36.0 Å². The average Bonchev–Trinajstić information content (AvgIpc) is 3.06. The minimum atomic E-state index is -3.44. The molecule has 4 rings (SSSR count). The molecule has 6 nitrogen and oxygen atoms in total. The summed E-state index contributed by atoms with van der Waals surface area (Å²) < 4.78 is 45.1. The molecule has 0 N–H and O–H groups in total. The zero-order chi connectivity index (χ0) is 17.7. The molecule has 25 heavy (non-hydrogen) atoms. The molecule has 2 heterocycles. The second-order valence-corrected chi connectivity index (χ2v) is 9.04. The van der Waals surface area contributed by atoms with Gasteiger partial charge in [0.2, 0.25) is 15.9 Å². The van der Waals surface area contributed by atoms with Crippen molar-refractivity contribution in [3.8, 4) is 0 Å². The average molecular weight is 365 g/mol. The molecule has 1 spiro atoms. The Morgan fingerprint density at radius 1 is 1.36 bits per heavy atom. The van der Waals surface area contributed by atoms with Crippen LogP contribution in [0.1, 0.15) is 42.5 Å². The van der Waals surface area contributed by atoms with E-state index < -0.39 is 15.8 Å². The molecule has 1 aromatic heterocycles. The topological polar surface area (TPSA) is 76.3 Å². The maximum Gasteiger partial charge on any atom is 0.223 e. The van der Waals surface area contributed by atoms with E-state index in [4.69, 9.17) is 4.52 Å². The summed E-state index contributed by atoms with van der Waals surface area (Å²) in [6.07, 6.45) is 2.59. The van der Waals surface area contributed by atoms with Crippen LogP contribution in [0.3, 0.4) is 0 Å². The van der Waals surface area contributed by atoms with Gasteiger partial charge in [0.05, 0.1) is 5.75 Å². The van der Waals surface area contributed by atoms with E-state index >= 15 is 0 Å². The molecule has 0 bridgehead atoms. The predicted molar refractivity (Wildman–Crippen MR) is 88.7 cm³/mol. The van der Waals surface area contributed by atoms with Gasteiger partial charge in [-0.05, 0) is 42.4 Å². The van der Waals surface area contributed by atoms with Crippen molar-refractivity contribution in [2.45, 2.75) is 37.9 Å². The Balaban J connectivity index is 1.40. The Morgan fingerprint density at radius 3 is 2.76 bits per heavy atom. The molecule has 8 heteroatoms. The highest BCUT2D eigenvalue weighted by Crippen LogP contribution is 2.64. The number of hydrogen-bond acceptors (Lipinski definition) is 5. The highest BCUT2D eigenvalue weighted by molar-refractivity contribution is 7.88. The Bertz CT molecular complexity index is 888. The molecular weight excluding hydrogens is 345 g/mol. The SMILES string of the molecule is Cc1nc(C2CC23CCN(S(=O)(=O)Cc2cccc(F)c2)CC3)no1. The van der Waals surface area contributed by atoms with Crippen LogP contribution in [0.2, 0.25) is 0 Å². The number of aryl methyl sites for hydroxylation is 1. The van der Waals surface area contributed by atoms with Gasteiger partial charge in [-0.2, -0.15) is 4.98 Å². The molecule has 1 aliphatic heterocycles. The van der Waals surface area contributed by atoms with Gasteiger partial charge in [0.1, 0.15) is 5.82 Å². The molecule has 1 unspecified atom stereocenters. The van der Waals surface area contributed by atoms with Gasteiger partial charge >= 0.3 is 0 Å². The molecule has 1 aliphatic carbocycles. The number of nitrogens with zero attached hydrogens (tertiary/aromatic N) is 3. The van der Waals surface area contributed by atoms with Crippen LogP contribution >= 0.6 is 0 Å². The van der Waals surface area contributed by atoms with Crippen molar-refractivity contribution in [3.63, 3.8) is 0 Å². The van der Waals surface area contributed by atoms with Crippen LogP contribution in [-0.2, 0) is 15.8 Å². The molecule has 2 fully saturated rings. The van der Waals surface area contributed by atoms with Gasteiger partial charge in [-0.1, -0.05) is 17.3 Å². The standard InChI is InChI=1S/C17H20FN3O3S/c1-12-19-16(20-24-12)15-10-17(15)5-7-21(8-6-17)25(22,23)11-13-3-2-4-14(18)9-13/h2-4,9,15H,5-8,10-11H2,1H3. The van der Waals surface area contributed by atoms with Crippen molar-refractivity contribution in [3.05, 3.63) is 47.4 Å². The van der Waals surface area contributed by atoms with Gasteiger partial charge in [-0.25, -0.2) is 17.1 Å². The first-order valence-electron chi connectivity index (χ1n) is 8.40. The molecular formula is C17H20FN3O3S. The first-order valence-corrected chi connectivity index (χ1v) is 10.0. The van der Waals surface area contributed by atoms with E-state index in [1.807, 2.05) is 0 Å². The van der Waals surface area contributed by atoms with Crippen LogP contribution in [0, 0.1) is 18.2 Å². The van der Waals surface area contributed by atoms with Crippen molar-refractivity contribution in [1.29, 1.82) is 0 Å². The van der Waals surface area contributed by atoms with E-state index in [1.54, 1.807) is 13.0 Å². The zero-order valence-electron chi connectivity index (χ0n) is 14.0. The third-order valence-electron chi connectivity index (χ3n) is 5.39. The van der Waals surface area contributed by atoms with Crippen LogP contribution < -0.4 is 0 Å². The summed E-state index contributed by atoms with van der Waals surface area (Å²) in [4.78, 5) is 4.31. The molecule has 134 valence electrons. The van der Waals surface area contributed by atoms with E-state index in [1.165, 1.54) is 22.5 Å². The fourth-order valence-electron chi connectivity index (χ4n) is 3.86. The molecule has 2 aliphatic rings. The molecule has 1 saturated heterocycles. The molecule has 0 radical (unpaired) electrons. The highest BCUT2D eigenvalue weighted by atomic mass is 32.2. The third kappa shape index (κ3) is 3.20. The molecule has 0 amide bonds. The number of piperidine rings is 1. The van der Waals surface area contributed by atoms with Crippen LogP contribution in [0.4, 0.5) is 4.39 Å². The lowest BCUT2D eigenvalue weighted by Gasteiger charge is -2.32. The van der Waals surface area contributed by atoms with Crippen LogP contribution in [0.15, 0.2) is 28.8 Å². The Labute approximate surface area is 146 Å². The largest absolute Gasteiger partial charge is 0.340 e. The van der Waals surface area contributed by atoms with Gasteiger partial charge < -0.3 is 4.52 Å². The summed E-state index contributed by atoms with van der Waals surface area (Å²) in [7, 11) is -3.44. The zero-order valence-corrected chi connectivity index (χ0v) is 14.8. The van der Waals surface area contributed by atoms with E-state index in [0.717, 1.165) is 25.1 Å². The summed E-state index contributed by atoms with van der Waals surface area (Å²) in [5.74, 6) is 1.01. The van der Waals surface area contributed by atoms with E-state index in [-0.39, 0.29) is 17.1 Å². The number of sulfonamides is 1. The Morgan fingerprint density at radius 2 is 2.12 bits per heavy atom. The molecule has 1 saturated carbocycles. The fraction of sp³-hybridized carbons (Fsp3) is 0.529. The van der Waals surface area contributed by atoms with E-state index in [9.17, 15) is 12.8 Å². The third-order valence-corrected chi connectivity index (χ3v) is 7.24. The fourth-order valence-corrected chi connectivity index (χ4v) is 5.38. The van der Waals surface area contributed by atoms with Crippen molar-refractivity contribution in [2.75, 3.05) is 13.1 Å². The second-order valence-electron chi connectivity index (χ2n) is 7.08. The van der Waals surface area contributed by atoms with Crippen LogP contribution in [0.25, 0.3) is 0 Å². The lowest BCUT2D eigenvalue weighted by atomic mass is 9.92. The summed E-state index contributed by atoms with van der Waals surface area (Å²) in [6.45, 7) is 2.75. The first-order chi connectivity index (χ1) is 11.9.